The normalized spacial score (nSPS) is 11.5. The third-order valence-electron chi connectivity index (χ3n) is 4.30. The van der Waals surface area contributed by atoms with Gasteiger partial charge in [0, 0.05) is 19.2 Å². The fraction of sp³-hybridized carbons (Fsp3) is 0.286. The predicted octanol–water partition coefficient (Wildman–Crippen LogP) is 2.26. The van der Waals surface area contributed by atoms with Crippen molar-refractivity contribution >= 4 is 23.4 Å². The number of rotatable bonds is 8. The molecule has 0 spiro atoms. The summed E-state index contributed by atoms with van der Waals surface area (Å²) < 4.78 is 9.97. The van der Waals surface area contributed by atoms with Gasteiger partial charge < -0.3 is 20.9 Å². The highest BCUT2D eigenvalue weighted by Crippen LogP contribution is 2.26. The minimum Gasteiger partial charge on any atom is -0.468 e. The Balaban J connectivity index is 2.32. The average Bonchev–Trinajstić information content (AvgIpc) is 2.68. The lowest BCUT2D eigenvalue weighted by molar-refractivity contribution is -0.143. The number of hydrogen-bond donors (Lipinski definition) is 2. The number of hydrogen-bond acceptors (Lipinski definition) is 7. The quantitative estimate of drug-likeness (QED) is 0.235. The van der Waals surface area contributed by atoms with Crippen molar-refractivity contribution in [3.8, 4) is 5.75 Å². The second kappa shape index (κ2) is 9.66. The van der Waals surface area contributed by atoms with Crippen molar-refractivity contribution in [3.63, 3.8) is 0 Å². The van der Waals surface area contributed by atoms with Gasteiger partial charge in [-0.05, 0) is 48.2 Å². The third-order valence-corrected chi connectivity index (χ3v) is 4.30. The molecule has 0 aliphatic carbocycles. The van der Waals surface area contributed by atoms with E-state index in [-0.39, 0.29) is 24.3 Å². The lowest BCUT2D eigenvalue weighted by Crippen LogP contribution is -2.27. The Labute approximate surface area is 163 Å². The van der Waals surface area contributed by atoms with Crippen LogP contribution in [0.25, 0.3) is 0 Å². The maximum absolute atomic E-state index is 13.1. The maximum Gasteiger partial charge on any atom is 0.316 e. The van der Waals surface area contributed by atoms with Crippen LogP contribution in [-0.4, -0.2) is 24.8 Å². The fourth-order valence-corrected chi connectivity index (χ4v) is 2.82. The number of carbonyl (C=O) groups excluding carboxylic acids is 3. The van der Waals surface area contributed by atoms with Gasteiger partial charge in [-0.3, -0.25) is 14.4 Å². The Morgan fingerprint density at radius 2 is 1.68 bits per heavy atom. The number of ether oxygens (including phenoxy) is 2. The zero-order valence-electron chi connectivity index (χ0n) is 15.9. The molecule has 0 aromatic heterocycles. The van der Waals surface area contributed by atoms with Gasteiger partial charge in [0.15, 0.2) is 5.78 Å². The Morgan fingerprint density at radius 1 is 1.04 bits per heavy atom. The molecule has 0 fully saturated rings. The molecule has 1 unspecified atom stereocenters. The summed E-state index contributed by atoms with van der Waals surface area (Å²) in [6.07, 6.45) is 0.715. The Hall–Kier alpha value is -3.19. The molecule has 0 bridgehead atoms. The molecule has 0 saturated carbocycles. The van der Waals surface area contributed by atoms with Crippen LogP contribution in [0, 0.1) is 5.92 Å². The van der Waals surface area contributed by atoms with Gasteiger partial charge in [-0.15, -0.1) is 0 Å². The average molecular weight is 384 g/mol. The molecule has 2 aromatic carbocycles. The van der Waals surface area contributed by atoms with Crippen LogP contribution >= 0.6 is 0 Å². The number of benzene rings is 2. The highest BCUT2D eigenvalue weighted by atomic mass is 16.5. The number of methoxy groups -OCH3 is 1. The predicted molar refractivity (Wildman–Crippen MR) is 105 cm³/mol. The van der Waals surface area contributed by atoms with Crippen LogP contribution in [0.4, 0.5) is 5.69 Å². The lowest BCUT2D eigenvalue weighted by Gasteiger charge is -2.16. The van der Waals surface area contributed by atoms with E-state index in [4.69, 9.17) is 20.9 Å². The van der Waals surface area contributed by atoms with Gasteiger partial charge in [-0.1, -0.05) is 18.2 Å². The monoisotopic (exact) mass is 384 g/mol. The first-order chi connectivity index (χ1) is 13.3. The van der Waals surface area contributed by atoms with Gasteiger partial charge in [0.1, 0.15) is 11.7 Å². The molecule has 1 atom stereocenters. The molecular formula is C21H24N2O5. The minimum absolute atomic E-state index is 0.0936. The first-order valence-electron chi connectivity index (χ1n) is 8.83. The van der Waals surface area contributed by atoms with Crippen molar-refractivity contribution in [2.24, 2.45) is 11.7 Å². The largest absolute Gasteiger partial charge is 0.468 e. The van der Waals surface area contributed by atoms with Gasteiger partial charge >= 0.3 is 11.9 Å². The second-order valence-electron chi connectivity index (χ2n) is 6.35. The molecule has 2 aromatic rings. The van der Waals surface area contributed by atoms with Crippen LogP contribution < -0.4 is 16.2 Å². The van der Waals surface area contributed by atoms with E-state index in [0.717, 1.165) is 5.56 Å². The van der Waals surface area contributed by atoms with Gasteiger partial charge in [0.05, 0.1) is 12.7 Å². The van der Waals surface area contributed by atoms with Crippen molar-refractivity contribution in [3.05, 3.63) is 59.2 Å². The van der Waals surface area contributed by atoms with Crippen LogP contribution in [0.2, 0.25) is 0 Å². The SMILES string of the molecule is COC(=O)C(CCc1ccc(N)cc1)C(=O)c1cc(CN)ccc1OC(C)=O. The zero-order valence-corrected chi connectivity index (χ0v) is 15.9. The molecule has 2 rings (SSSR count). The first-order valence-corrected chi connectivity index (χ1v) is 8.83. The number of aryl methyl sites for hydroxylation is 1. The third kappa shape index (κ3) is 5.40. The molecule has 7 nitrogen and oxygen atoms in total. The zero-order chi connectivity index (χ0) is 20.7. The molecule has 0 saturated heterocycles. The number of Topliss-reactive ketones (excluding diaryl/α,β-unsaturated/α-hetero) is 1. The van der Waals surface area contributed by atoms with Gasteiger partial charge in [-0.2, -0.15) is 0 Å². The van der Waals surface area contributed by atoms with Crippen LogP contribution in [0.15, 0.2) is 42.5 Å². The summed E-state index contributed by atoms with van der Waals surface area (Å²) in [6, 6.07) is 11.9. The molecule has 7 heteroatoms. The van der Waals surface area contributed by atoms with Crippen molar-refractivity contribution in [2.75, 3.05) is 12.8 Å². The lowest BCUT2D eigenvalue weighted by atomic mass is 9.90. The molecule has 0 amide bonds. The number of nitrogens with two attached hydrogens (primary N) is 2. The van der Waals surface area contributed by atoms with Crippen LogP contribution in [0.3, 0.4) is 0 Å². The van der Waals surface area contributed by atoms with E-state index in [2.05, 4.69) is 0 Å². The molecule has 0 aliphatic rings. The number of anilines is 1. The van der Waals surface area contributed by atoms with E-state index in [1.807, 2.05) is 12.1 Å². The number of ketones is 1. The van der Waals surface area contributed by atoms with Crippen molar-refractivity contribution in [1.82, 2.24) is 0 Å². The van der Waals surface area contributed by atoms with Crippen LogP contribution in [0.5, 0.6) is 5.75 Å². The summed E-state index contributed by atoms with van der Waals surface area (Å²) in [6.45, 7) is 1.44. The first kappa shape index (κ1) is 21.1. The number of nitrogen functional groups attached to an aromatic ring is 1. The molecule has 148 valence electrons. The summed E-state index contributed by atoms with van der Waals surface area (Å²) in [5, 5.41) is 0. The Kier molecular flexibility index (Phi) is 7.28. The highest BCUT2D eigenvalue weighted by Gasteiger charge is 2.30. The summed E-state index contributed by atoms with van der Waals surface area (Å²) in [4.78, 5) is 36.8. The van der Waals surface area contributed by atoms with E-state index in [0.29, 0.717) is 17.7 Å². The second-order valence-corrected chi connectivity index (χ2v) is 6.35. The molecule has 0 radical (unpaired) electrons. The van der Waals surface area contributed by atoms with E-state index in [9.17, 15) is 14.4 Å². The van der Waals surface area contributed by atoms with Crippen molar-refractivity contribution in [1.29, 1.82) is 0 Å². The molecular weight excluding hydrogens is 360 g/mol. The van der Waals surface area contributed by atoms with Gasteiger partial charge in [-0.25, -0.2) is 0 Å². The summed E-state index contributed by atoms with van der Waals surface area (Å²) in [7, 11) is 1.23. The molecule has 4 N–H and O–H groups in total. The van der Waals surface area contributed by atoms with Crippen molar-refractivity contribution in [2.45, 2.75) is 26.3 Å². The maximum atomic E-state index is 13.1. The Bertz CT molecular complexity index is 862. The Morgan fingerprint density at radius 3 is 2.25 bits per heavy atom. The summed E-state index contributed by atoms with van der Waals surface area (Å²) in [5.74, 6) is -2.63. The number of carbonyl (C=O) groups is 3. The van der Waals surface area contributed by atoms with E-state index < -0.39 is 23.6 Å². The standard InChI is InChI=1S/C21H24N2O5/c1-13(24)28-19-10-6-15(12-22)11-18(19)20(25)17(21(26)27-2)9-5-14-3-7-16(23)8-4-14/h3-4,6-8,10-11,17H,5,9,12,22-23H2,1-2H3. The fourth-order valence-electron chi connectivity index (χ4n) is 2.82. The molecule has 0 aliphatic heterocycles. The van der Waals surface area contributed by atoms with Crippen LogP contribution in [-0.2, 0) is 27.3 Å². The topological polar surface area (TPSA) is 122 Å². The van der Waals surface area contributed by atoms with E-state index >= 15 is 0 Å². The van der Waals surface area contributed by atoms with Gasteiger partial charge in [0.25, 0.3) is 0 Å². The molecule has 0 heterocycles. The highest BCUT2D eigenvalue weighted by molar-refractivity contribution is 6.10. The number of esters is 2. The van der Waals surface area contributed by atoms with E-state index in [1.165, 1.54) is 20.1 Å². The smallest absolute Gasteiger partial charge is 0.316 e. The summed E-state index contributed by atoms with van der Waals surface area (Å²) >= 11 is 0. The van der Waals surface area contributed by atoms with Crippen molar-refractivity contribution < 1.29 is 23.9 Å². The minimum atomic E-state index is -1.04. The summed E-state index contributed by atoms with van der Waals surface area (Å²) in [5.41, 5.74) is 13.7. The van der Waals surface area contributed by atoms with Gasteiger partial charge in [0.2, 0.25) is 0 Å². The van der Waals surface area contributed by atoms with Crippen LogP contribution in [0.1, 0.15) is 34.8 Å². The van der Waals surface area contributed by atoms with E-state index in [1.54, 1.807) is 24.3 Å². The molecule has 28 heavy (non-hydrogen) atoms.